The smallest absolute Gasteiger partial charge is 0.340 e. The highest BCUT2D eigenvalue weighted by Crippen LogP contribution is 2.20. The molecule has 2 aromatic heterocycles. The van der Waals surface area contributed by atoms with Crippen molar-refractivity contribution in [2.75, 3.05) is 7.11 Å². The fourth-order valence-corrected chi connectivity index (χ4v) is 1.41. The maximum Gasteiger partial charge on any atom is 0.340 e. The average molecular weight is 214 g/mol. The second-order valence-electron chi connectivity index (χ2n) is 3.13. The Balaban J connectivity index is 2.53. The zero-order chi connectivity index (χ0) is 11.4. The van der Waals surface area contributed by atoms with Crippen LogP contribution in [0.2, 0.25) is 0 Å². The molecule has 0 unspecified atom stereocenters. The molecular weight excluding hydrogens is 204 g/mol. The predicted octanol–water partition coefficient (Wildman–Crippen LogP) is 1.93. The first-order valence-electron chi connectivity index (χ1n) is 4.76. The molecule has 0 radical (unpaired) electrons. The lowest BCUT2D eigenvalue weighted by Gasteiger charge is -2.05. The van der Waals surface area contributed by atoms with Gasteiger partial charge in [-0.2, -0.15) is 0 Å². The Morgan fingerprint density at radius 1 is 1.25 bits per heavy atom. The van der Waals surface area contributed by atoms with Crippen LogP contribution in [0.5, 0.6) is 0 Å². The number of pyridine rings is 2. The van der Waals surface area contributed by atoms with Gasteiger partial charge in [-0.1, -0.05) is 0 Å². The monoisotopic (exact) mass is 214 g/mol. The van der Waals surface area contributed by atoms with Crippen molar-refractivity contribution >= 4 is 5.97 Å². The summed E-state index contributed by atoms with van der Waals surface area (Å²) in [6, 6.07) is 7.03. The summed E-state index contributed by atoms with van der Waals surface area (Å²) in [7, 11) is 1.35. The van der Waals surface area contributed by atoms with Crippen molar-refractivity contribution in [2.45, 2.75) is 0 Å². The maximum absolute atomic E-state index is 11.5. The van der Waals surface area contributed by atoms with Crippen LogP contribution in [0.25, 0.3) is 11.3 Å². The van der Waals surface area contributed by atoms with Gasteiger partial charge in [-0.15, -0.1) is 0 Å². The van der Waals surface area contributed by atoms with E-state index in [9.17, 15) is 4.79 Å². The van der Waals surface area contributed by atoms with Gasteiger partial charge in [-0.05, 0) is 24.3 Å². The van der Waals surface area contributed by atoms with Crippen LogP contribution in [0.1, 0.15) is 10.4 Å². The molecule has 0 saturated heterocycles. The van der Waals surface area contributed by atoms with E-state index in [0.717, 1.165) is 5.56 Å². The van der Waals surface area contributed by atoms with E-state index in [1.807, 2.05) is 6.07 Å². The van der Waals surface area contributed by atoms with Crippen molar-refractivity contribution in [1.29, 1.82) is 0 Å². The molecule has 16 heavy (non-hydrogen) atoms. The number of carbonyl (C=O) groups is 1. The van der Waals surface area contributed by atoms with Crippen LogP contribution in [-0.4, -0.2) is 23.0 Å². The topological polar surface area (TPSA) is 52.1 Å². The molecule has 0 atom stereocenters. The van der Waals surface area contributed by atoms with Gasteiger partial charge in [0.05, 0.1) is 18.4 Å². The zero-order valence-electron chi connectivity index (χ0n) is 8.75. The van der Waals surface area contributed by atoms with Crippen LogP contribution >= 0.6 is 0 Å². The molecule has 4 heteroatoms. The molecular formula is C12H10N2O2. The number of hydrogen-bond acceptors (Lipinski definition) is 4. The summed E-state index contributed by atoms with van der Waals surface area (Å²) in [5.74, 6) is -0.396. The van der Waals surface area contributed by atoms with Gasteiger partial charge in [-0.25, -0.2) is 4.79 Å². The lowest BCUT2D eigenvalue weighted by molar-refractivity contribution is 0.0601. The maximum atomic E-state index is 11.5. The average Bonchev–Trinajstić information content (AvgIpc) is 2.39. The molecule has 0 aromatic carbocycles. The minimum Gasteiger partial charge on any atom is -0.465 e. The summed E-state index contributed by atoms with van der Waals surface area (Å²) in [6.45, 7) is 0. The normalized spacial score (nSPS) is 9.81. The third-order valence-corrected chi connectivity index (χ3v) is 2.15. The highest BCUT2D eigenvalue weighted by molar-refractivity contribution is 5.95. The molecule has 0 spiro atoms. The molecule has 2 rings (SSSR count). The predicted molar refractivity (Wildman–Crippen MR) is 58.8 cm³/mol. The number of methoxy groups -OCH3 is 1. The van der Waals surface area contributed by atoms with Crippen molar-refractivity contribution in [3.8, 4) is 11.3 Å². The minimum absolute atomic E-state index is 0.396. The van der Waals surface area contributed by atoms with Crippen LogP contribution in [0.3, 0.4) is 0 Å². The van der Waals surface area contributed by atoms with Crippen LogP contribution in [0, 0.1) is 0 Å². The summed E-state index contributed by atoms with van der Waals surface area (Å²) >= 11 is 0. The van der Waals surface area contributed by atoms with Crippen molar-refractivity contribution in [2.24, 2.45) is 0 Å². The number of rotatable bonds is 2. The van der Waals surface area contributed by atoms with Gasteiger partial charge >= 0.3 is 5.97 Å². The Bertz CT molecular complexity index is 497. The molecule has 0 amide bonds. The summed E-state index contributed by atoms with van der Waals surface area (Å²) < 4.78 is 4.70. The van der Waals surface area contributed by atoms with Crippen LogP contribution in [0.4, 0.5) is 0 Å². The molecule has 0 aliphatic carbocycles. The standard InChI is InChI=1S/C12H10N2O2/c1-16-12(15)10-5-3-7-14-11(10)9-4-2-6-13-8-9/h2-8H,1H3. The van der Waals surface area contributed by atoms with Crippen LogP contribution in [-0.2, 0) is 4.74 Å². The van der Waals surface area contributed by atoms with E-state index >= 15 is 0 Å². The molecule has 0 bridgehead atoms. The molecule has 2 aromatic rings. The van der Waals surface area contributed by atoms with E-state index in [1.165, 1.54) is 7.11 Å². The van der Waals surface area contributed by atoms with Crippen molar-refractivity contribution in [3.05, 3.63) is 48.4 Å². The van der Waals surface area contributed by atoms with E-state index in [1.54, 1.807) is 36.8 Å². The van der Waals surface area contributed by atoms with Crippen molar-refractivity contribution < 1.29 is 9.53 Å². The fourth-order valence-electron chi connectivity index (χ4n) is 1.41. The van der Waals surface area contributed by atoms with Gasteiger partial charge in [0.1, 0.15) is 0 Å². The Kier molecular flexibility index (Phi) is 2.91. The number of esters is 1. The largest absolute Gasteiger partial charge is 0.465 e. The fraction of sp³-hybridized carbons (Fsp3) is 0.0833. The third kappa shape index (κ3) is 1.91. The van der Waals surface area contributed by atoms with Gasteiger partial charge < -0.3 is 4.74 Å². The van der Waals surface area contributed by atoms with Gasteiger partial charge in [0.15, 0.2) is 0 Å². The number of hydrogen-bond donors (Lipinski definition) is 0. The highest BCUT2D eigenvalue weighted by Gasteiger charge is 2.13. The molecule has 0 aliphatic heterocycles. The van der Waals surface area contributed by atoms with Gasteiger partial charge in [0.25, 0.3) is 0 Å². The quantitative estimate of drug-likeness (QED) is 0.717. The first kappa shape index (κ1) is 10.3. The van der Waals surface area contributed by atoms with Gasteiger partial charge in [-0.3, -0.25) is 9.97 Å². The molecule has 4 nitrogen and oxygen atoms in total. The molecule has 80 valence electrons. The Hall–Kier alpha value is -2.23. The summed E-state index contributed by atoms with van der Waals surface area (Å²) in [4.78, 5) is 19.7. The highest BCUT2D eigenvalue weighted by atomic mass is 16.5. The van der Waals surface area contributed by atoms with E-state index < -0.39 is 5.97 Å². The van der Waals surface area contributed by atoms with E-state index in [-0.39, 0.29) is 0 Å². The van der Waals surface area contributed by atoms with E-state index in [2.05, 4.69) is 9.97 Å². The van der Waals surface area contributed by atoms with E-state index in [4.69, 9.17) is 4.74 Å². The SMILES string of the molecule is COC(=O)c1cccnc1-c1cccnc1. The third-order valence-electron chi connectivity index (χ3n) is 2.15. The Morgan fingerprint density at radius 3 is 2.75 bits per heavy atom. The zero-order valence-corrected chi connectivity index (χ0v) is 8.75. The first-order valence-corrected chi connectivity index (χ1v) is 4.76. The number of ether oxygens (including phenoxy) is 1. The first-order chi connectivity index (χ1) is 7.83. The Morgan fingerprint density at radius 2 is 2.06 bits per heavy atom. The second-order valence-corrected chi connectivity index (χ2v) is 3.13. The molecule has 0 fully saturated rings. The number of aromatic nitrogens is 2. The second kappa shape index (κ2) is 4.53. The summed E-state index contributed by atoms with van der Waals surface area (Å²) in [6.07, 6.45) is 4.97. The molecule has 2 heterocycles. The van der Waals surface area contributed by atoms with E-state index in [0.29, 0.717) is 11.3 Å². The van der Waals surface area contributed by atoms with Crippen LogP contribution < -0.4 is 0 Å². The lowest BCUT2D eigenvalue weighted by atomic mass is 10.1. The minimum atomic E-state index is -0.396. The molecule has 0 N–H and O–H groups in total. The number of nitrogens with zero attached hydrogens (tertiary/aromatic N) is 2. The van der Waals surface area contributed by atoms with Gasteiger partial charge in [0, 0.05) is 24.2 Å². The Labute approximate surface area is 92.9 Å². The summed E-state index contributed by atoms with van der Waals surface area (Å²) in [5.41, 5.74) is 1.82. The van der Waals surface area contributed by atoms with Crippen molar-refractivity contribution in [3.63, 3.8) is 0 Å². The number of carbonyl (C=O) groups excluding carboxylic acids is 1. The lowest BCUT2D eigenvalue weighted by Crippen LogP contribution is -2.04. The summed E-state index contributed by atoms with van der Waals surface area (Å²) in [5, 5.41) is 0. The van der Waals surface area contributed by atoms with Crippen molar-refractivity contribution in [1.82, 2.24) is 9.97 Å². The molecule has 0 aliphatic rings. The molecule has 0 saturated carbocycles. The van der Waals surface area contributed by atoms with Gasteiger partial charge in [0.2, 0.25) is 0 Å². The van der Waals surface area contributed by atoms with Crippen LogP contribution in [0.15, 0.2) is 42.9 Å².